The number of benzene rings is 1. The highest BCUT2D eigenvalue weighted by atomic mass is 19.1. The number of amides is 1. The number of aromatic nitrogens is 2. The Balaban J connectivity index is 2.62. The van der Waals surface area contributed by atoms with Crippen LogP contribution in [0.3, 0.4) is 0 Å². The summed E-state index contributed by atoms with van der Waals surface area (Å²) in [6, 6.07) is 2.59. The van der Waals surface area contributed by atoms with E-state index in [4.69, 9.17) is 5.73 Å². The van der Waals surface area contributed by atoms with E-state index in [1.807, 2.05) is 20.8 Å². The van der Waals surface area contributed by atoms with Gasteiger partial charge in [0.25, 0.3) is 11.5 Å². The van der Waals surface area contributed by atoms with Crippen molar-refractivity contribution >= 4 is 17.4 Å². The zero-order valence-electron chi connectivity index (χ0n) is 16.8. The predicted octanol–water partition coefficient (Wildman–Crippen LogP) is 2.89. The molecule has 0 saturated heterocycles. The minimum absolute atomic E-state index is 0.0760. The third-order valence-electron chi connectivity index (χ3n) is 4.56. The lowest BCUT2D eigenvalue weighted by Gasteiger charge is -2.25. The van der Waals surface area contributed by atoms with Crippen LogP contribution in [-0.4, -0.2) is 22.0 Å². The maximum Gasteiger partial charge on any atom is 0.330 e. The van der Waals surface area contributed by atoms with Gasteiger partial charge in [0.2, 0.25) is 0 Å². The Labute approximate surface area is 167 Å². The van der Waals surface area contributed by atoms with Gasteiger partial charge in [-0.05, 0) is 30.9 Å². The number of hydrogen-bond donors (Lipinski definition) is 2. The van der Waals surface area contributed by atoms with E-state index in [1.165, 1.54) is 4.57 Å². The van der Waals surface area contributed by atoms with Crippen LogP contribution in [-0.2, 0) is 6.54 Å². The molecule has 0 aliphatic carbocycles. The number of halogens is 2. The molecule has 0 bridgehead atoms. The normalized spacial score (nSPS) is 11.1. The van der Waals surface area contributed by atoms with Crippen molar-refractivity contribution in [2.24, 2.45) is 5.92 Å². The van der Waals surface area contributed by atoms with Gasteiger partial charge in [0.05, 0.1) is 5.56 Å². The summed E-state index contributed by atoms with van der Waals surface area (Å²) in [5, 5.41) is 0. The summed E-state index contributed by atoms with van der Waals surface area (Å²) in [4.78, 5) is 41.0. The van der Waals surface area contributed by atoms with Crippen molar-refractivity contribution in [3.05, 3.63) is 56.2 Å². The molecule has 0 saturated carbocycles. The Kier molecular flexibility index (Phi) is 7.30. The van der Waals surface area contributed by atoms with Crippen LogP contribution in [0.1, 0.15) is 50.4 Å². The Morgan fingerprint density at radius 1 is 1.28 bits per heavy atom. The number of carbonyl (C=O) groups is 1. The molecule has 3 N–H and O–H groups in total. The summed E-state index contributed by atoms with van der Waals surface area (Å²) in [6.07, 6.45) is 1.93. The molecule has 1 heterocycles. The highest BCUT2D eigenvalue weighted by Crippen LogP contribution is 2.22. The molecule has 158 valence electrons. The largest absolute Gasteiger partial charge is 0.383 e. The maximum atomic E-state index is 14.2. The van der Waals surface area contributed by atoms with E-state index in [-0.39, 0.29) is 36.1 Å². The number of unbranched alkanes of at least 4 members (excludes halogenated alkanes) is 1. The summed E-state index contributed by atoms with van der Waals surface area (Å²) < 4.78 is 28.7. The van der Waals surface area contributed by atoms with Crippen molar-refractivity contribution < 1.29 is 13.6 Å². The number of nitrogens with two attached hydrogens (primary N) is 1. The first kappa shape index (κ1) is 22.3. The standard InChI is InChI=1S/C20H26F2N4O3/c1-4-5-9-26-17(23)16(18(27)24-20(26)29)25(10-8-12(2)3)19(28)14-7-6-13(21)11-15(14)22/h6-7,11-12H,4-5,8-10,23H2,1-3H3,(H,24,27,29). The third kappa shape index (κ3) is 5.10. The molecule has 29 heavy (non-hydrogen) atoms. The van der Waals surface area contributed by atoms with Gasteiger partial charge < -0.3 is 10.6 Å². The fourth-order valence-corrected chi connectivity index (χ4v) is 2.89. The summed E-state index contributed by atoms with van der Waals surface area (Å²) in [5.41, 5.74) is 4.00. The number of carbonyl (C=O) groups excluding carboxylic acids is 1. The van der Waals surface area contributed by atoms with E-state index < -0.39 is 28.8 Å². The lowest BCUT2D eigenvalue weighted by Crippen LogP contribution is -2.42. The topological polar surface area (TPSA) is 101 Å². The van der Waals surface area contributed by atoms with Crippen molar-refractivity contribution in [1.29, 1.82) is 0 Å². The van der Waals surface area contributed by atoms with E-state index in [2.05, 4.69) is 4.98 Å². The summed E-state index contributed by atoms with van der Waals surface area (Å²) in [6.45, 7) is 6.13. The van der Waals surface area contributed by atoms with E-state index >= 15 is 0 Å². The van der Waals surface area contributed by atoms with Crippen molar-refractivity contribution in [1.82, 2.24) is 9.55 Å². The average Bonchev–Trinajstić information content (AvgIpc) is 2.63. The fraction of sp³-hybridized carbons (Fsp3) is 0.450. The quantitative estimate of drug-likeness (QED) is 0.701. The number of hydrogen-bond acceptors (Lipinski definition) is 4. The van der Waals surface area contributed by atoms with Gasteiger partial charge >= 0.3 is 5.69 Å². The fourth-order valence-electron chi connectivity index (χ4n) is 2.89. The molecule has 0 aliphatic heterocycles. The minimum atomic E-state index is -1.04. The molecule has 1 amide bonds. The Morgan fingerprint density at radius 3 is 2.55 bits per heavy atom. The van der Waals surface area contributed by atoms with Crippen LogP contribution in [0.5, 0.6) is 0 Å². The molecule has 1 aromatic heterocycles. The number of rotatable bonds is 8. The zero-order valence-corrected chi connectivity index (χ0v) is 16.8. The van der Waals surface area contributed by atoms with Crippen LogP contribution in [0.15, 0.2) is 27.8 Å². The molecule has 0 spiro atoms. The van der Waals surface area contributed by atoms with Crippen molar-refractivity contribution in [3.63, 3.8) is 0 Å². The molecular formula is C20H26F2N4O3. The zero-order chi connectivity index (χ0) is 21.7. The molecule has 0 atom stereocenters. The number of aromatic amines is 1. The second-order valence-electron chi connectivity index (χ2n) is 7.26. The molecule has 0 fully saturated rings. The van der Waals surface area contributed by atoms with Crippen LogP contribution in [0, 0.1) is 17.6 Å². The van der Waals surface area contributed by atoms with Crippen LogP contribution in [0.2, 0.25) is 0 Å². The minimum Gasteiger partial charge on any atom is -0.383 e. The van der Waals surface area contributed by atoms with Gasteiger partial charge in [0.1, 0.15) is 17.5 Å². The van der Waals surface area contributed by atoms with Gasteiger partial charge in [-0.25, -0.2) is 13.6 Å². The van der Waals surface area contributed by atoms with Gasteiger partial charge in [-0.3, -0.25) is 19.1 Å². The SMILES string of the molecule is CCCCn1c(N)c(N(CCC(C)C)C(=O)c2ccc(F)cc2F)c(=O)[nH]c1=O. The van der Waals surface area contributed by atoms with Gasteiger partial charge in [-0.2, -0.15) is 0 Å². The van der Waals surface area contributed by atoms with Gasteiger partial charge in [-0.1, -0.05) is 27.2 Å². The van der Waals surface area contributed by atoms with E-state index in [0.717, 1.165) is 23.5 Å². The van der Waals surface area contributed by atoms with Crippen LogP contribution >= 0.6 is 0 Å². The van der Waals surface area contributed by atoms with Crippen molar-refractivity contribution in [3.8, 4) is 0 Å². The highest BCUT2D eigenvalue weighted by Gasteiger charge is 2.27. The summed E-state index contributed by atoms with van der Waals surface area (Å²) in [5.74, 6) is -2.68. The monoisotopic (exact) mass is 408 g/mol. The number of nitrogens with zero attached hydrogens (tertiary/aromatic N) is 2. The second kappa shape index (κ2) is 9.49. The molecule has 1 aromatic carbocycles. The molecular weight excluding hydrogens is 382 g/mol. The van der Waals surface area contributed by atoms with E-state index in [1.54, 1.807) is 0 Å². The first-order chi connectivity index (χ1) is 13.7. The van der Waals surface area contributed by atoms with Gasteiger partial charge in [-0.15, -0.1) is 0 Å². The first-order valence-electron chi connectivity index (χ1n) is 9.56. The van der Waals surface area contributed by atoms with Crippen LogP contribution in [0.25, 0.3) is 0 Å². The van der Waals surface area contributed by atoms with Crippen molar-refractivity contribution in [2.45, 2.75) is 46.6 Å². The average molecular weight is 408 g/mol. The van der Waals surface area contributed by atoms with Gasteiger partial charge in [0.15, 0.2) is 5.69 Å². The number of nitrogens with one attached hydrogen (secondary N) is 1. The van der Waals surface area contributed by atoms with E-state index in [0.29, 0.717) is 18.9 Å². The van der Waals surface area contributed by atoms with Crippen LogP contribution in [0.4, 0.5) is 20.3 Å². The number of H-pyrrole nitrogens is 1. The smallest absolute Gasteiger partial charge is 0.330 e. The van der Waals surface area contributed by atoms with E-state index in [9.17, 15) is 23.2 Å². The lowest BCUT2D eigenvalue weighted by molar-refractivity contribution is 0.0981. The number of nitrogen functional groups attached to an aromatic ring is 1. The molecule has 9 heteroatoms. The number of anilines is 2. The Bertz CT molecular complexity index is 998. The molecule has 7 nitrogen and oxygen atoms in total. The lowest BCUT2D eigenvalue weighted by atomic mass is 10.1. The first-order valence-corrected chi connectivity index (χ1v) is 9.56. The van der Waals surface area contributed by atoms with Gasteiger partial charge in [0, 0.05) is 19.2 Å². The molecule has 2 rings (SSSR count). The highest BCUT2D eigenvalue weighted by molar-refractivity contribution is 6.07. The third-order valence-corrected chi connectivity index (χ3v) is 4.56. The van der Waals surface area contributed by atoms with Crippen molar-refractivity contribution in [2.75, 3.05) is 17.2 Å². The molecule has 2 aromatic rings. The molecule has 0 aliphatic rings. The summed E-state index contributed by atoms with van der Waals surface area (Å²) >= 11 is 0. The van der Waals surface area contributed by atoms with Crippen LogP contribution < -0.4 is 21.9 Å². The molecule has 0 radical (unpaired) electrons. The predicted molar refractivity (Wildman–Crippen MR) is 108 cm³/mol. The Hall–Kier alpha value is -2.97. The second-order valence-corrected chi connectivity index (χ2v) is 7.26. The summed E-state index contributed by atoms with van der Waals surface area (Å²) in [7, 11) is 0. The molecule has 0 unspecified atom stereocenters. The maximum absolute atomic E-state index is 14.2. The Morgan fingerprint density at radius 2 is 1.97 bits per heavy atom.